The molecular weight excluding hydrogens is 262 g/mol. The van der Waals surface area contributed by atoms with Gasteiger partial charge in [0, 0.05) is 6.04 Å². The maximum atomic E-state index is 5.97. The molecule has 0 aliphatic rings. The standard InChI is InChI=1S/C18H23NO2/c1-13-5-4-6-15(9-13)12-21-18-8-7-17(20-3)11-16(18)10-14(2)19/h4-9,11,14H,10,12,19H2,1-3H3. The first-order chi connectivity index (χ1) is 10.1. The third kappa shape index (κ3) is 4.50. The van der Waals surface area contributed by atoms with E-state index in [0.717, 1.165) is 29.0 Å². The predicted molar refractivity (Wildman–Crippen MR) is 85.9 cm³/mol. The first-order valence-corrected chi connectivity index (χ1v) is 7.19. The number of methoxy groups -OCH3 is 1. The van der Waals surface area contributed by atoms with Gasteiger partial charge in [0.2, 0.25) is 0 Å². The first-order valence-electron chi connectivity index (χ1n) is 7.19. The summed E-state index contributed by atoms with van der Waals surface area (Å²) < 4.78 is 11.2. The lowest BCUT2D eigenvalue weighted by atomic mass is 10.1. The van der Waals surface area contributed by atoms with Gasteiger partial charge in [-0.05, 0) is 49.6 Å². The van der Waals surface area contributed by atoms with Crippen LogP contribution in [0.2, 0.25) is 0 Å². The molecule has 0 aromatic heterocycles. The summed E-state index contributed by atoms with van der Waals surface area (Å²) in [7, 11) is 1.66. The molecule has 1 unspecified atom stereocenters. The topological polar surface area (TPSA) is 44.5 Å². The summed E-state index contributed by atoms with van der Waals surface area (Å²) in [4.78, 5) is 0. The Morgan fingerprint density at radius 1 is 1.14 bits per heavy atom. The molecule has 3 nitrogen and oxygen atoms in total. The molecule has 0 spiro atoms. The summed E-state index contributed by atoms with van der Waals surface area (Å²) in [6.45, 7) is 4.63. The van der Waals surface area contributed by atoms with E-state index in [-0.39, 0.29) is 6.04 Å². The third-order valence-corrected chi connectivity index (χ3v) is 3.29. The van der Waals surface area contributed by atoms with Crippen LogP contribution in [0.15, 0.2) is 42.5 Å². The van der Waals surface area contributed by atoms with Crippen molar-refractivity contribution in [3.8, 4) is 11.5 Å². The summed E-state index contributed by atoms with van der Waals surface area (Å²) in [6.07, 6.45) is 0.764. The highest BCUT2D eigenvalue weighted by Crippen LogP contribution is 2.26. The van der Waals surface area contributed by atoms with Crippen molar-refractivity contribution in [1.82, 2.24) is 0 Å². The Bertz CT molecular complexity index is 594. The molecule has 0 saturated carbocycles. The average molecular weight is 285 g/mol. The van der Waals surface area contributed by atoms with Gasteiger partial charge >= 0.3 is 0 Å². The Morgan fingerprint density at radius 3 is 2.62 bits per heavy atom. The van der Waals surface area contributed by atoms with Gasteiger partial charge < -0.3 is 15.2 Å². The molecule has 112 valence electrons. The van der Waals surface area contributed by atoms with E-state index in [9.17, 15) is 0 Å². The highest BCUT2D eigenvalue weighted by atomic mass is 16.5. The average Bonchev–Trinajstić information content (AvgIpc) is 2.45. The van der Waals surface area contributed by atoms with Crippen LogP contribution in [0.3, 0.4) is 0 Å². The van der Waals surface area contributed by atoms with E-state index in [0.29, 0.717) is 6.61 Å². The van der Waals surface area contributed by atoms with Crippen LogP contribution in [0.25, 0.3) is 0 Å². The zero-order valence-corrected chi connectivity index (χ0v) is 12.9. The number of hydrogen-bond donors (Lipinski definition) is 1. The molecule has 0 saturated heterocycles. The lowest BCUT2D eigenvalue weighted by Gasteiger charge is -2.14. The van der Waals surface area contributed by atoms with Crippen LogP contribution >= 0.6 is 0 Å². The van der Waals surface area contributed by atoms with Crippen molar-refractivity contribution in [2.24, 2.45) is 5.73 Å². The molecule has 2 aromatic carbocycles. The van der Waals surface area contributed by atoms with Crippen LogP contribution < -0.4 is 15.2 Å². The molecule has 0 amide bonds. The second kappa shape index (κ2) is 7.14. The fourth-order valence-electron chi connectivity index (χ4n) is 2.29. The maximum absolute atomic E-state index is 5.97. The molecular formula is C18H23NO2. The van der Waals surface area contributed by atoms with Gasteiger partial charge in [-0.15, -0.1) is 0 Å². The van der Waals surface area contributed by atoms with E-state index < -0.39 is 0 Å². The summed E-state index contributed by atoms with van der Waals surface area (Å²) in [5, 5.41) is 0. The van der Waals surface area contributed by atoms with E-state index >= 15 is 0 Å². The lowest BCUT2D eigenvalue weighted by molar-refractivity contribution is 0.301. The Balaban J connectivity index is 2.14. The molecule has 1 atom stereocenters. The van der Waals surface area contributed by atoms with Gasteiger partial charge in [-0.3, -0.25) is 0 Å². The first kappa shape index (κ1) is 15.4. The van der Waals surface area contributed by atoms with Crippen LogP contribution in [0, 0.1) is 6.92 Å². The molecule has 0 bridgehead atoms. The van der Waals surface area contributed by atoms with Crippen molar-refractivity contribution in [3.05, 3.63) is 59.2 Å². The molecule has 2 rings (SSSR count). The van der Waals surface area contributed by atoms with Crippen LogP contribution in [0.5, 0.6) is 11.5 Å². The van der Waals surface area contributed by atoms with Crippen LogP contribution in [-0.4, -0.2) is 13.2 Å². The fraction of sp³-hybridized carbons (Fsp3) is 0.333. The number of rotatable bonds is 6. The number of nitrogens with two attached hydrogens (primary N) is 1. The molecule has 2 aromatic rings. The Kier molecular flexibility index (Phi) is 5.23. The highest BCUT2D eigenvalue weighted by molar-refractivity contribution is 5.41. The fourth-order valence-corrected chi connectivity index (χ4v) is 2.29. The number of benzene rings is 2. The summed E-state index contributed by atoms with van der Waals surface area (Å²) >= 11 is 0. The van der Waals surface area contributed by atoms with Crippen molar-refractivity contribution in [2.75, 3.05) is 7.11 Å². The molecule has 3 heteroatoms. The lowest BCUT2D eigenvalue weighted by Crippen LogP contribution is -2.18. The number of aryl methyl sites for hydroxylation is 1. The van der Waals surface area contributed by atoms with Gasteiger partial charge in [0.15, 0.2) is 0 Å². The van der Waals surface area contributed by atoms with Gasteiger partial charge in [0.1, 0.15) is 18.1 Å². The minimum Gasteiger partial charge on any atom is -0.497 e. The van der Waals surface area contributed by atoms with E-state index in [1.807, 2.05) is 31.2 Å². The SMILES string of the molecule is COc1ccc(OCc2cccc(C)c2)c(CC(C)N)c1. The molecule has 0 aliphatic carbocycles. The van der Waals surface area contributed by atoms with E-state index in [1.165, 1.54) is 5.56 Å². The Hall–Kier alpha value is -2.00. The zero-order chi connectivity index (χ0) is 15.2. The van der Waals surface area contributed by atoms with Gasteiger partial charge in [-0.25, -0.2) is 0 Å². The molecule has 0 radical (unpaired) electrons. The van der Waals surface area contributed by atoms with E-state index in [1.54, 1.807) is 7.11 Å². The summed E-state index contributed by atoms with van der Waals surface area (Å²) in [5.41, 5.74) is 9.40. The Labute approximate surface area is 126 Å². The van der Waals surface area contributed by atoms with Crippen LogP contribution in [-0.2, 0) is 13.0 Å². The van der Waals surface area contributed by atoms with Crippen molar-refractivity contribution in [3.63, 3.8) is 0 Å². The summed E-state index contributed by atoms with van der Waals surface area (Å²) in [6, 6.07) is 14.3. The van der Waals surface area contributed by atoms with Gasteiger partial charge in [-0.2, -0.15) is 0 Å². The zero-order valence-electron chi connectivity index (χ0n) is 12.9. The molecule has 2 N–H and O–H groups in total. The third-order valence-electron chi connectivity index (χ3n) is 3.29. The normalized spacial score (nSPS) is 12.0. The van der Waals surface area contributed by atoms with Crippen LogP contribution in [0.1, 0.15) is 23.6 Å². The van der Waals surface area contributed by atoms with Gasteiger partial charge in [-0.1, -0.05) is 29.8 Å². The van der Waals surface area contributed by atoms with Gasteiger partial charge in [0.25, 0.3) is 0 Å². The largest absolute Gasteiger partial charge is 0.497 e. The Morgan fingerprint density at radius 2 is 1.95 bits per heavy atom. The van der Waals surface area contributed by atoms with Crippen LogP contribution in [0.4, 0.5) is 0 Å². The molecule has 21 heavy (non-hydrogen) atoms. The van der Waals surface area contributed by atoms with E-state index in [2.05, 4.69) is 25.1 Å². The van der Waals surface area contributed by atoms with E-state index in [4.69, 9.17) is 15.2 Å². The molecule has 0 heterocycles. The smallest absolute Gasteiger partial charge is 0.123 e. The maximum Gasteiger partial charge on any atom is 0.123 e. The summed E-state index contributed by atoms with van der Waals surface area (Å²) in [5.74, 6) is 1.70. The minimum atomic E-state index is 0.0819. The predicted octanol–water partition coefficient (Wildman–Crippen LogP) is 3.47. The number of hydrogen-bond acceptors (Lipinski definition) is 3. The van der Waals surface area contributed by atoms with Crippen molar-refractivity contribution >= 4 is 0 Å². The van der Waals surface area contributed by atoms with Crippen molar-refractivity contribution in [1.29, 1.82) is 0 Å². The molecule has 0 aliphatic heterocycles. The second-order valence-corrected chi connectivity index (χ2v) is 5.43. The highest BCUT2D eigenvalue weighted by Gasteiger charge is 2.08. The van der Waals surface area contributed by atoms with Crippen molar-refractivity contribution < 1.29 is 9.47 Å². The number of ether oxygens (including phenoxy) is 2. The second-order valence-electron chi connectivity index (χ2n) is 5.43. The van der Waals surface area contributed by atoms with Gasteiger partial charge in [0.05, 0.1) is 7.11 Å². The van der Waals surface area contributed by atoms with Crippen molar-refractivity contribution in [2.45, 2.75) is 32.9 Å². The quantitative estimate of drug-likeness (QED) is 0.884. The minimum absolute atomic E-state index is 0.0819. The molecule has 0 fully saturated rings. The monoisotopic (exact) mass is 285 g/mol.